The summed E-state index contributed by atoms with van der Waals surface area (Å²) in [6.45, 7) is 5.69. The van der Waals surface area contributed by atoms with Crippen LogP contribution >= 0.6 is 11.3 Å². The van der Waals surface area contributed by atoms with E-state index in [1.54, 1.807) is 31.2 Å². The van der Waals surface area contributed by atoms with Gasteiger partial charge in [0.1, 0.15) is 6.54 Å². The molecule has 0 fully saturated rings. The van der Waals surface area contributed by atoms with Crippen LogP contribution in [0.25, 0.3) is 0 Å². The molecule has 0 radical (unpaired) electrons. The van der Waals surface area contributed by atoms with Gasteiger partial charge in [0.05, 0.1) is 41.4 Å². The van der Waals surface area contributed by atoms with Gasteiger partial charge in [0.2, 0.25) is 11.8 Å². The summed E-state index contributed by atoms with van der Waals surface area (Å²) in [5.41, 5.74) is 4.57. The molecule has 34 heavy (non-hydrogen) atoms. The highest BCUT2D eigenvalue weighted by Gasteiger charge is 2.28. The number of hydrogen-bond acceptors (Lipinski definition) is 6. The zero-order valence-corrected chi connectivity index (χ0v) is 20.1. The number of benzene rings is 2. The van der Waals surface area contributed by atoms with Crippen LogP contribution in [0.1, 0.15) is 39.7 Å². The summed E-state index contributed by atoms with van der Waals surface area (Å²) in [7, 11) is 0. The van der Waals surface area contributed by atoms with E-state index >= 15 is 0 Å². The molecule has 1 aromatic heterocycles. The van der Waals surface area contributed by atoms with Crippen molar-refractivity contribution in [3.05, 3.63) is 75.5 Å². The predicted octanol–water partition coefficient (Wildman–Crippen LogP) is 5.04. The van der Waals surface area contributed by atoms with Crippen LogP contribution in [0.3, 0.4) is 0 Å². The van der Waals surface area contributed by atoms with E-state index in [4.69, 9.17) is 9.73 Å². The fourth-order valence-corrected chi connectivity index (χ4v) is 4.43. The SMILES string of the molecule is CCOC(=O)c1ccccc1NC(=O)CN1C(=O)CC(c2cccs2)=Nc2cc(C)c(C)cc21. The first-order chi connectivity index (χ1) is 16.4. The lowest BCUT2D eigenvalue weighted by molar-refractivity contribution is -0.120. The number of nitrogens with one attached hydrogen (secondary N) is 1. The van der Waals surface area contributed by atoms with Crippen LogP contribution in [0.4, 0.5) is 17.1 Å². The van der Waals surface area contributed by atoms with Crippen molar-refractivity contribution >= 4 is 51.9 Å². The highest BCUT2D eigenvalue weighted by atomic mass is 32.1. The maximum atomic E-state index is 13.3. The third kappa shape index (κ3) is 4.92. The Balaban J connectivity index is 1.64. The van der Waals surface area contributed by atoms with Gasteiger partial charge in [0.25, 0.3) is 0 Å². The zero-order valence-electron chi connectivity index (χ0n) is 19.3. The van der Waals surface area contributed by atoms with Gasteiger partial charge in [-0.25, -0.2) is 9.79 Å². The van der Waals surface area contributed by atoms with Gasteiger partial charge in [-0.05, 0) is 67.6 Å². The first-order valence-corrected chi connectivity index (χ1v) is 11.8. The minimum Gasteiger partial charge on any atom is -0.462 e. The molecule has 0 unspecified atom stereocenters. The molecule has 0 bridgehead atoms. The molecule has 3 aromatic rings. The molecular formula is C26H25N3O4S. The second kappa shape index (κ2) is 10.0. The third-order valence-electron chi connectivity index (χ3n) is 5.56. The van der Waals surface area contributed by atoms with Crippen LogP contribution in [0.2, 0.25) is 0 Å². The standard InChI is InChI=1S/C26H25N3O4S/c1-4-33-26(32)18-8-5-6-9-19(18)28-24(30)15-29-22-13-17(3)16(2)12-20(22)27-21(14-25(29)31)23-10-7-11-34-23/h5-13H,4,14-15H2,1-3H3,(H,28,30). The number of hydrogen-bond donors (Lipinski definition) is 1. The molecule has 1 N–H and O–H groups in total. The normalized spacial score (nSPS) is 13.1. The average Bonchev–Trinajstić information content (AvgIpc) is 3.31. The van der Waals surface area contributed by atoms with Crippen LogP contribution < -0.4 is 10.2 Å². The van der Waals surface area contributed by atoms with Gasteiger partial charge in [0, 0.05) is 4.88 Å². The molecule has 2 amide bonds. The number of thiophene rings is 1. The summed E-state index contributed by atoms with van der Waals surface area (Å²) in [4.78, 5) is 45.8. The van der Waals surface area contributed by atoms with Gasteiger partial charge >= 0.3 is 5.97 Å². The minimum absolute atomic E-state index is 0.0833. The Morgan fingerprint density at radius 3 is 2.62 bits per heavy atom. The van der Waals surface area contributed by atoms with Crippen molar-refractivity contribution in [3.8, 4) is 0 Å². The molecule has 0 saturated heterocycles. The van der Waals surface area contributed by atoms with Crippen LogP contribution in [0.5, 0.6) is 0 Å². The fourth-order valence-electron chi connectivity index (χ4n) is 3.72. The molecule has 1 aliphatic heterocycles. The number of nitrogens with zero attached hydrogens (tertiary/aromatic N) is 2. The van der Waals surface area contributed by atoms with Gasteiger partial charge in [-0.1, -0.05) is 18.2 Å². The van der Waals surface area contributed by atoms with Gasteiger partial charge in [0.15, 0.2) is 0 Å². The molecule has 4 rings (SSSR count). The van der Waals surface area contributed by atoms with Crippen molar-refractivity contribution in [1.29, 1.82) is 0 Å². The number of carbonyl (C=O) groups excluding carboxylic acids is 3. The quantitative estimate of drug-likeness (QED) is 0.506. The Morgan fingerprint density at radius 1 is 1.12 bits per heavy atom. The first kappa shape index (κ1) is 23.4. The summed E-state index contributed by atoms with van der Waals surface area (Å²) < 4.78 is 5.08. The van der Waals surface area contributed by atoms with E-state index < -0.39 is 11.9 Å². The second-order valence-electron chi connectivity index (χ2n) is 7.93. The van der Waals surface area contributed by atoms with E-state index in [-0.39, 0.29) is 31.0 Å². The number of carbonyl (C=O) groups is 3. The molecule has 2 heterocycles. The Hall–Kier alpha value is -3.78. The lowest BCUT2D eigenvalue weighted by Gasteiger charge is -2.23. The summed E-state index contributed by atoms with van der Waals surface area (Å²) in [5, 5.41) is 4.71. The van der Waals surface area contributed by atoms with Crippen molar-refractivity contribution in [2.24, 2.45) is 4.99 Å². The van der Waals surface area contributed by atoms with E-state index in [0.29, 0.717) is 22.8 Å². The summed E-state index contributed by atoms with van der Waals surface area (Å²) >= 11 is 1.52. The number of fused-ring (bicyclic) bond motifs is 1. The first-order valence-electron chi connectivity index (χ1n) is 11.0. The number of ether oxygens (including phenoxy) is 1. The second-order valence-corrected chi connectivity index (χ2v) is 8.88. The molecule has 7 nitrogen and oxygen atoms in total. The van der Waals surface area contributed by atoms with E-state index in [9.17, 15) is 14.4 Å². The molecule has 0 saturated carbocycles. The number of anilines is 2. The molecule has 0 aliphatic carbocycles. The molecule has 1 aliphatic rings. The Kier molecular flexibility index (Phi) is 6.88. The van der Waals surface area contributed by atoms with Crippen LogP contribution in [-0.2, 0) is 14.3 Å². The number of para-hydroxylation sites is 1. The lowest BCUT2D eigenvalue weighted by atomic mass is 10.1. The van der Waals surface area contributed by atoms with Crippen LogP contribution in [0, 0.1) is 13.8 Å². The summed E-state index contributed by atoms with van der Waals surface area (Å²) in [6, 6.07) is 14.3. The maximum Gasteiger partial charge on any atom is 0.340 e. The van der Waals surface area contributed by atoms with Gasteiger partial charge in [-0.15, -0.1) is 11.3 Å². The molecule has 0 spiro atoms. The number of rotatable bonds is 6. The Labute approximate surface area is 202 Å². The number of aryl methyl sites for hydroxylation is 2. The van der Waals surface area contributed by atoms with Gasteiger partial charge in [-0.2, -0.15) is 0 Å². The van der Waals surface area contributed by atoms with E-state index in [1.807, 2.05) is 43.5 Å². The highest BCUT2D eigenvalue weighted by Crippen LogP contribution is 2.36. The monoisotopic (exact) mass is 475 g/mol. The lowest BCUT2D eigenvalue weighted by Crippen LogP contribution is -2.38. The Bertz CT molecular complexity index is 1280. The van der Waals surface area contributed by atoms with Gasteiger partial charge in [-0.3, -0.25) is 9.59 Å². The molecular weight excluding hydrogens is 450 g/mol. The third-order valence-corrected chi connectivity index (χ3v) is 6.48. The molecule has 174 valence electrons. The largest absolute Gasteiger partial charge is 0.462 e. The Morgan fingerprint density at radius 2 is 1.88 bits per heavy atom. The predicted molar refractivity (Wildman–Crippen MR) is 134 cm³/mol. The van der Waals surface area contributed by atoms with Crippen molar-refractivity contribution in [3.63, 3.8) is 0 Å². The number of esters is 1. The summed E-state index contributed by atoms with van der Waals surface area (Å²) in [5.74, 6) is -1.16. The van der Waals surface area contributed by atoms with Crippen molar-refractivity contribution in [2.45, 2.75) is 27.2 Å². The fraction of sp³-hybridized carbons (Fsp3) is 0.231. The molecule has 2 aromatic carbocycles. The summed E-state index contributed by atoms with van der Waals surface area (Å²) in [6.07, 6.45) is 0.0833. The van der Waals surface area contributed by atoms with Crippen molar-refractivity contribution < 1.29 is 19.1 Å². The zero-order chi connectivity index (χ0) is 24.2. The van der Waals surface area contributed by atoms with Crippen molar-refractivity contribution in [1.82, 2.24) is 0 Å². The van der Waals surface area contributed by atoms with Crippen molar-refractivity contribution in [2.75, 3.05) is 23.4 Å². The maximum absolute atomic E-state index is 13.3. The topological polar surface area (TPSA) is 88.1 Å². The minimum atomic E-state index is -0.519. The number of amides is 2. The van der Waals surface area contributed by atoms with Gasteiger partial charge < -0.3 is 15.0 Å². The smallest absolute Gasteiger partial charge is 0.340 e. The average molecular weight is 476 g/mol. The van der Waals surface area contributed by atoms with E-state index in [0.717, 1.165) is 16.0 Å². The van der Waals surface area contributed by atoms with Crippen LogP contribution in [-0.4, -0.2) is 36.6 Å². The van der Waals surface area contributed by atoms with E-state index in [1.165, 1.54) is 16.2 Å². The van der Waals surface area contributed by atoms with Crippen LogP contribution in [0.15, 0.2) is 58.9 Å². The van der Waals surface area contributed by atoms with E-state index in [2.05, 4.69) is 5.32 Å². The molecule has 0 atom stereocenters. The highest BCUT2D eigenvalue weighted by molar-refractivity contribution is 7.12. The number of aliphatic imine (C=N–C) groups is 1. The molecule has 8 heteroatoms.